The third-order valence-electron chi connectivity index (χ3n) is 5.96. The van der Waals surface area contributed by atoms with Crippen LogP contribution in [0.15, 0.2) is 132 Å². The van der Waals surface area contributed by atoms with Crippen molar-refractivity contribution >= 4 is 75.7 Å². The number of thiazole rings is 1. The van der Waals surface area contributed by atoms with E-state index in [-0.39, 0.29) is 24.0 Å². The summed E-state index contributed by atoms with van der Waals surface area (Å²) in [5.74, 6) is 0.848. The number of nitrogens with zero attached hydrogens (tertiary/aromatic N) is 1. The van der Waals surface area contributed by atoms with E-state index in [1.807, 2.05) is 17.8 Å². The zero-order valence-electron chi connectivity index (χ0n) is 20.1. The zero-order chi connectivity index (χ0) is 24.1. The van der Waals surface area contributed by atoms with E-state index in [0.717, 1.165) is 10.8 Å². The number of benzene rings is 4. The summed E-state index contributed by atoms with van der Waals surface area (Å²) in [6, 6.07) is 41.6. The first-order valence-corrected chi connectivity index (χ1v) is 15.2. The van der Waals surface area contributed by atoms with Crippen molar-refractivity contribution in [1.82, 2.24) is 4.98 Å². The lowest BCUT2D eigenvalue weighted by molar-refractivity contribution is 1.42. The molecule has 0 unspecified atom stereocenters. The quantitative estimate of drug-likeness (QED) is 0.0752. The summed E-state index contributed by atoms with van der Waals surface area (Å²) in [7, 11) is -2.25. The third kappa shape index (κ3) is 5.24. The fraction of sp³-hybridized carbons (Fsp3) is 0.0645. The van der Waals surface area contributed by atoms with Gasteiger partial charge in [0.2, 0.25) is 5.44 Å². The average Bonchev–Trinajstić information content (AvgIpc) is 3.34. The Labute approximate surface area is 240 Å². The number of hydrogen-bond acceptors (Lipinski definition) is 3. The van der Waals surface area contributed by atoms with E-state index in [4.69, 9.17) is 4.98 Å². The van der Waals surface area contributed by atoms with Gasteiger partial charge in [0, 0.05) is 11.3 Å². The summed E-state index contributed by atoms with van der Waals surface area (Å²) in [6.45, 7) is 6.11. The highest BCUT2D eigenvalue weighted by Crippen LogP contribution is 2.56. The number of aryl methyl sites for hydroxylation is 1. The Kier molecular flexibility index (Phi) is 9.19. The lowest BCUT2D eigenvalue weighted by Crippen LogP contribution is -2.39. The molecule has 1 nitrogen and oxygen atoms in total. The summed E-state index contributed by atoms with van der Waals surface area (Å²) in [6.07, 6.45) is 1.98. The van der Waals surface area contributed by atoms with Gasteiger partial charge in [-0.2, -0.15) is 4.98 Å². The van der Waals surface area contributed by atoms with Gasteiger partial charge in [-0.15, -0.1) is 53.7 Å². The summed E-state index contributed by atoms with van der Waals surface area (Å²) >= 11 is 3.64. The van der Waals surface area contributed by atoms with E-state index >= 15 is 0 Å². The molecule has 0 aliphatic heterocycles. The van der Waals surface area contributed by atoms with Crippen molar-refractivity contribution in [2.75, 3.05) is 5.75 Å². The van der Waals surface area contributed by atoms with Crippen LogP contribution >= 0.6 is 54.3 Å². The van der Waals surface area contributed by atoms with Gasteiger partial charge in [0.1, 0.15) is 25.1 Å². The normalized spacial score (nSPS) is 11.0. The topological polar surface area (TPSA) is 12.9 Å². The first-order chi connectivity index (χ1) is 17.2. The van der Waals surface area contributed by atoms with Crippen molar-refractivity contribution in [2.24, 2.45) is 0 Å². The van der Waals surface area contributed by atoms with Gasteiger partial charge in [-0.3, -0.25) is 0 Å². The maximum atomic E-state index is 5.48. The Bertz CT molecular complexity index is 1310. The van der Waals surface area contributed by atoms with Crippen molar-refractivity contribution in [1.29, 1.82) is 0 Å². The SMILES string of the molecule is C=CCSc1sc(-c2ccc(C)cc2)nc1[P+](c1ccccc1)(c1ccccc1)c1ccccc1.I. The fourth-order valence-electron chi connectivity index (χ4n) is 4.33. The maximum absolute atomic E-state index is 5.48. The molecule has 0 amide bonds. The highest BCUT2D eigenvalue weighted by atomic mass is 127. The second kappa shape index (κ2) is 12.3. The van der Waals surface area contributed by atoms with Gasteiger partial charge in [-0.05, 0) is 43.3 Å². The lowest BCUT2D eigenvalue weighted by Gasteiger charge is -2.26. The minimum absolute atomic E-state index is 0. The van der Waals surface area contributed by atoms with Gasteiger partial charge in [-0.25, -0.2) is 0 Å². The van der Waals surface area contributed by atoms with E-state index < -0.39 is 7.26 Å². The molecule has 5 heteroatoms. The van der Waals surface area contributed by atoms with Gasteiger partial charge in [0.25, 0.3) is 0 Å². The molecule has 0 saturated heterocycles. The van der Waals surface area contributed by atoms with Crippen LogP contribution < -0.4 is 21.3 Å². The van der Waals surface area contributed by atoms with Crippen molar-refractivity contribution in [3.05, 3.63) is 133 Å². The second-order valence-corrected chi connectivity index (χ2v) is 13.9. The molecule has 0 spiro atoms. The van der Waals surface area contributed by atoms with Gasteiger partial charge in [0.15, 0.2) is 7.26 Å². The number of hydrogen-bond donors (Lipinski definition) is 0. The third-order valence-corrected chi connectivity index (χ3v) is 12.8. The van der Waals surface area contributed by atoms with Crippen LogP contribution in [0.5, 0.6) is 0 Å². The van der Waals surface area contributed by atoms with Crippen LogP contribution in [-0.4, -0.2) is 10.7 Å². The Morgan fingerprint density at radius 1 is 0.750 bits per heavy atom. The van der Waals surface area contributed by atoms with E-state index in [1.54, 1.807) is 11.3 Å². The molecule has 5 aromatic rings. The van der Waals surface area contributed by atoms with Crippen LogP contribution in [0.2, 0.25) is 0 Å². The molecule has 5 rings (SSSR count). The van der Waals surface area contributed by atoms with Gasteiger partial charge < -0.3 is 0 Å². The predicted molar refractivity (Wildman–Crippen MR) is 173 cm³/mol. The summed E-state index contributed by atoms with van der Waals surface area (Å²) < 4.78 is 1.27. The first kappa shape index (κ1) is 26.8. The minimum atomic E-state index is -2.25. The van der Waals surface area contributed by atoms with Crippen molar-refractivity contribution in [2.45, 2.75) is 11.1 Å². The standard InChI is InChI=1S/C31H27NPS2.HI/c1-3-23-34-31-29(32-30(35-31)25-21-19-24(2)20-22-25)33(26-13-7-4-8-14-26,27-15-9-5-10-16-27)28-17-11-6-12-18-28;/h3-22H,1,23H2,2H3;1H/q+1;. The van der Waals surface area contributed by atoms with Crippen LogP contribution in [0, 0.1) is 6.92 Å². The summed E-state index contributed by atoms with van der Waals surface area (Å²) in [4.78, 5) is 5.48. The Hall–Kier alpha value is -2.24. The van der Waals surface area contributed by atoms with E-state index in [2.05, 4.69) is 129 Å². The maximum Gasteiger partial charge on any atom is 0.223 e. The van der Waals surface area contributed by atoms with E-state index in [9.17, 15) is 0 Å². The minimum Gasteiger partial charge on any atom is -0.200 e. The molecule has 1 aromatic heterocycles. The number of aromatic nitrogens is 1. The number of thioether (sulfide) groups is 1. The van der Waals surface area contributed by atoms with Crippen molar-refractivity contribution < 1.29 is 0 Å². The molecule has 180 valence electrons. The predicted octanol–water partition coefficient (Wildman–Crippen LogP) is 7.63. The zero-order valence-corrected chi connectivity index (χ0v) is 24.9. The van der Waals surface area contributed by atoms with E-state index in [0.29, 0.717) is 0 Å². The first-order valence-electron chi connectivity index (χ1n) is 11.6. The molecular weight excluding hydrogens is 608 g/mol. The molecule has 0 saturated carbocycles. The molecule has 4 aromatic carbocycles. The smallest absolute Gasteiger partial charge is 0.200 e. The Morgan fingerprint density at radius 3 is 1.67 bits per heavy atom. The van der Waals surface area contributed by atoms with Crippen LogP contribution in [-0.2, 0) is 0 Å². The lowest BCUT2D eigenvalue weighted by atomic mass is 10.2. The molecule has 0 N–H and O–H groups in total. The van der Waals surface area contributed by atoms with E-state index in [1.165, 1.54) is 36.7 Å². The second-order valence-electron chi connectivity index (χ2n) is 8.27. The van der Waals surface area contributed by atoms with Crippen LogP contribution in [0.4, 0.5) is 0 Å². The monoisotopic (exact) mass is 636 g/mol. The molecule has 36 heavy (non-hydrogen) atoms. The molecule has 0 aliphatic rings. The van der Waals surface area contributed by atoms with Gasteiger partial charge in [-0.1, -0.05) is 90.5 Å². The molecule has 1 heterocycles. The van der Waals surface area contributed by atoms with Crippen molar-refractivity contribution in [3.8, 4) is 10.6 Å². The highest BCUT2D eigenvalue weighted by molar-refractivity contribution is 14.0. The van der Waals surface area contributed by atoms with Crippen LogP contribution in [0.25, 0.3) is 10.6 Å². The Balaban J connectivity index is 0.00000304. The number of halogens is 1. The van der Waals surface area contributed by atoms with Crippen LogP contribution in [0.1, 0.15) is 5.56 Å². The molecule has 0 aliphatic carbocycles. The van der Waals surface area contributed by atoms with Crippen molar-refractivity contribution in [3.63, 3.8) is 0 Å². The summed E-state index contributed by atoms with van der Waals surface area (Å²) in [5, 5.41) is 5.02. The van der Waals surface area contributed by atoms with Crippen LogP contribution in [0.3, 0.4) is 0 Å². The molecular formula is C31H28INPS2+. The van der Waals surface area contributed by atoms with Gasteiger partial charge in [0.05, 0.1) is 0 Å². The Morgan fingerprint density at radius 2 is 1.22 bits per heavy atom. The molecule has 0 atom stereocenters. The number of rotatable bonds is 8. The highest BCUT2D eigenvalue weighted by Gasteiger charge is 2.52. The average molecular weight is 637 g/mol. The molecule has 0 bridgehead atoms. The largest absolute Gasteiger partial charge is 0.223 e. The molecule has 0 fully saturated rings. The fourth-order valence-corrected chi connectivity index (χ4v) is 11.4. The summed E-state index contributed by atoms with van der Waals surface area (Å²) in [5.41, 5.74) is 3.61. The van der Waals surface area contributed by atoms with Gasteiger partial charge >= 0.3 is 0 Å². The molecule has 0 radical (unpaired) electrons.